The summed E-state index contributed by atoms with van der Waals surface area (Å²) in [6.45, 7) is 3.42. The second-order valence-corrected chi connectivity index (χ2v) is 4.17. The molecule has 2 rings (SSSR count). The van der Waals surface area contributed by atoms with Gasteiger partial charge in [0.25, 0.3) is 0 Å². The summed E-state index contributed by atoms with van der Waals surface area (Å²) in [5.41, 5.74) is 12.7. The quantitative estimate of drug-likeness (QED) is 0.843. The van der Waals surface area contributed by atoms with Crippen molar-refractivity contribution in [2.24, 2.45) is 11.5 Å². The van der Waals surface area contributed by atoms with E-state index >= 15 is 0 Å². The van der Waals surface area contributed by atoms with E-state index < -0.39 is 0 Å². The molecule has 1 aliphatic heterocycles. The Labute approximate surface area is 105 Å². The van der Waals surface area contributed by atoms with Gasteiger partial charge in [0, 0.05) is 17.7 Å². The standard InChI is InChI=1S/C13H16N2O3/c1-7(16)11-8(2)18-13(15)9(6-14)12(11)10-4-3-5-17-10/h3-5,12H,6,14-15H2,1-2H3. The van der Waals surface area contributed by atoms with Gasteiger partial charge in [0.15, 0.2) is 11.7 Å². The van der Waals surface area contributed by atoms with Crippen LogP contribution in [0.25, 0.3) is 0 Å². The van der Waals surface area contributed by atoms with Gasteiger partial charge < -0.3 is 20.6 Å². The molecule has 0 saturated heterocycles. The largest absolute Gasteiger partial charge is 0.468 e. The van der Waals surface area contributed by atoms with Crippen LogP contribution in [0.1, 0.15) is 25.5 Å². The molecule has 5 heteroatoms. The molecular formula is C13H16N2O3. The van der Waals surface area contributed by atoms with Gasteiger partial charge >= 0.3 is 0 Å². The Morgan fingerprint density at radius 1 is 1.50 bits per heavy atom. The van der Waals surface area contributed by atoms with Crippen molar-refractivity contribution in [2.45, 2.75) is 19.8 Å². The lowest BCUT2D eigenvalue weighted by Crippen LogP contribution is -2.27. The summed E-state index contributed by atoms with van der Waals surface area (Å²) in [7, 11) is 0. The summed E-state index contributed by atoms with van der Waals surface area (Å²) in [5, 5.41) is 0. The third-order valence-corrected chi connectivity index (χ3v) is 3.02. The summed E-state index contributed by atoms with van der Waals surface area (Å²) in [5.74, 6) is 0.967. The predicted molar refractivity (Wildman–Crippen MR) is 66.2 cm³/mol. The van der Waals surface area contributed by atoms with Crippen LogP contribution in [0.5, 0.6) is 0 Å². The molecule has 0 aromatic carbocycles. The van der Waals surface area contributed by atoms with Gasteiger partial charge in [-0.25, -0.2) is 0 Å². The topological polar surface area (TPSA) is 91.5 Å². The fourth-order valence-corrected chi connectivity index (χ4v) is 2.24. The summed E-state index contributed by atoms with van der Waals surface area (Å²) in [6, 6.07) is 3.57. The van der Waals surface area contributed by atoms with Crippen LogP contribution in [0.4, 0.5) is 0 Å². The van der Waals surface area contributed by atoms with E-state index in [1.807, 2.05) is 0 Å². The third kappa shape index (κ3) is 1.93. The van der Waals surface area contributed by atoms with Crippen LogP contribution >= 0.6 is 0 Å². The smallest absolute Gasteiger partial charge is 0.191 e. The molecule has 4 N–H and O–H groups in total. The Morgan fingerprint density at radius 3 is 2.72 bits per heavy atom. The van der Waals surface area contributed by atoms with Crippen LogP contribution in [0.3, 0.4) is 0 Å². The van der Waals surface area contributed by atoms with E-state index in [9.17, 15) is 4.79 Å². The number of hydrogen-bond donors (Lipinski definition) is 2. The average molecular weight is 248 g/mol. The average Bonchev–Trinajstić information content (AvgIpc) is 2.80. The van der Waals surface area contributed by atoms with E-state index in [0.29, 0.717) is 22.7 Å². The van der Waals surface area contributed by atoms with Crippen LogP contribution in [-0.4, -0.2) is 12.3 Å². The van der Waals surface area contributed by atoms with E-state index in [4.69, 9.17) is 20.6 Å². The lowest BCUT2D eigenvalue weighted by atomic mass is 9.84. The van der Waals surface area contributed by atoms with Gasteiger partial charge in [-0.15, -0.1) is 0 Å². The number of ether oxygens (including phenoxy) is 1. The molecule has 1 unspecified atom stereocenters. The molecule has 0 fully saturated rings. The number of ketones is 1. The van der Waals surface area contributed by atoms with Gasteiger partial charge in [-0.05, 0) is 26.0 Å². The predicted octanol–water partition coefficient (Wildman–Crippen LogP) is 1.39. The summed E-state index contributed by atoms with van der Waals surface area (Å²) < 4.78 is 10.8. The number of allylic oxidation sites excluding steroid dienone is 2. The van der Waals surface area contributed by atoms with Gasteiger partial charge in [0.05, 0.1) is 12.2 Å². The minimum Gasteiger partial charge on any atom is -0.468 e. The SMILES string of the molecule is CC(=O)C1=C(C)OC(N)=C(CN)C1c1ccco1. The maximum absolute atomic E-state index is 11.8. The molecular weight excluding hydrogens is 232 g/mol. The van der Waals surface area contributed by atoms with Gasteiger partial charge in [-0.3, -0.25) is 4.79 Å². The van der Waals surface area contributed by atoms with Gasteiger partial charge in [0.2, 0.25) is 0 Å². The lowest BCUT2D eigenvalue weighted by Gasteiger charge is -2.27. The monoisotopic (exact) mass is 248 g/mol. The highest BCUT2D eigenvalue weighted by atomic mass is 16.5. The van der Waals surface area contributed by atoms with Crippen molar-refractivity contribution in [3.63, 3.8) is 0 Å². The number of hydrogen-bond acceptors (Lipinski definition) is 5. The van der Waals surface area contributed by atoms with Crippen molar-refractivity contribution < 1.29 is 13.9 Å². The Kier molecular flexibility index (Phi) is 3.25. The minimum absolute atomic E-state index is 0.0765. The fourth-order valence-electron chi connectivity index (χ4n) is 2.24. The fraction of sp³-hybridized carbons (Fsp3) is 0.308. The normalized spacial score (nSPS) is 20.1. The summed E-state index contributed by atoms with van der Waals surface area (Å²) in [6.07, 6.45) is 1.56. The zero-order valence-electron chi connectivity index (χ0n) is 10.4. The Balaban J connectivity index is 2.58. The maximum atomic E-state index is 11.8. The third-order valence-electron chi connectivity index (χ3n) is 3.02. The van der Waals surface area contributed by atoms with Crippen molar-refractivity contribution in [2.75, 3.05) is 6.54 Å². The minimum atomic E-state index is -0.351. The van der Waals surface area contributed by atoms with E-state index in [0.717, 1.165) is 0 Å². The Morgan fingerprint density at radius 2 is 2.22 bits per heavy atom. The molecule has 2 heterocycles. The highest BCUT2D eigenvalue weighted by Gasteiger charge is 2.34. The van der Waals surface area contributed by atoms with Crippen LogP contribution in [-0.2, 0) is 9.53 Å². The molecule has 1 aromatic rings. The zero-order valence-corrected chi connectivity index (χ0v) is 10.4. The molecule has 1 atom stereocenters. The molecule has 0 radical (unpaired) electrons. The highest BCUT2D eigenvalue weighted by Crippen LogP contribution is 2.39. The van der Waals surface area contributed by atoms with Crippen LogP contribution in [0.15, 0.2) is 45.6 Å². The molecule has 0 spiro atoms. The first kappa shape index (κ1) is 12.4. The summed E-state index contributed by atoms with van der Waals surface area (Å²) in [4.78, 5) is 11.8. The van der Waals surface area contributed by atoms with Crippen LogP contribution in [0.2, 0.25) is 0 Å². The van der Waals surface area contributed by atoms with Crippen LogP contribution < -0.4 is 11.5 Å². The number of carbonyl (C=O) groups excluding carboxylic acids is 1. The lowest BCUT2D eigenvalue weighted by molar-refractivity contribution is -0.114. The summed E-state index contributed by atoms with van der Waals surface area (Å²) >= 11 is 0. The van der Waals surface area contributed by atoms with Gasteiger partial charge in [-0.2, -0.15) is 0 Å². The van der Waals surface area contributed by atoms with Crippen molar-refractivity contribution >= 4 is 5.78 Å². The molecule has 0 bridgehead atoms. The molecule has 0 saturated carbocycles. The van der Waals surface area contributed by atoms with Crippen LogP contribution in [0, 0.1) is 0 Å². The molecule has 0 amide bonds. The number of furan rings is 1. The van der Waals surface area contributed by atoms with E-state index in [1.54, 1.807) is 25.3 Å². The number of Topliss-reactive ketones (excluding diaryl/α,β-unsaturated/α-hetero) is 1. The molecule has 1 aliphatic rings. The Bertz CT molecular complexity index is 526. The van der Waals surface area contributed by atoms with Gasteiger partial charge in [-0.1, -0.05) is 0 Å². The number of carbonyl (C=O) groups is 1. The van der Waals surface area contributed by atoms with Gasteiger partial charge in [0.1, 0.15) is 11.5 Å². The van der Waals surface area contributed by atoms with E-state index in [-0.39, 0.29) is 24.1 Å². The van der Waals surface area contributed by atoms with Crippen molar-refractivity contribution in [1.29, 1.82) is 0 Å². The van der Waals surface area contributed by atoms with E-state index in [1.165, 1.54) is 6.92 Å². The second kappa shape index (κ2) is 4.70. The molecule has 1 aromatic heterocycles. The molecule has 5 nitrogen and oxygen atoms in total. The van der Waals surface area contributed by atoms with Crippen molar-refractivity contribution in [3.05, 3.63) is 46.9 Å². The van der Waals surface area contributed by atoms with E-state index in [2.05, 4.69) is 0 Å². The van der Waals surface area contributed by atoms with Crippen molar-refractivity contribution in [3.8, 4) is 0 Å². The first-order valence-electron chi connectivity index (χ1n) is 5.67. The molecule has 96 valence electrons. The van der Waals surface area contributed by atoms with Crippen molar-refractivity contribution in [1.82, 2.24) is 0 Å². The maximum Gasteiger partial charge on any atom is 0.191 e. The number of rotatable bonds is 3. The first-order chi connectivity index (χ1) is 8.56. The first-order valence-corrected chi connectivity index (χ1v) is 5.67. The molecule has 18 heavy (non-hydrogen) atoms. The second-order valence-electron chi connectivity index (χ2n) is 4.17. The highest BCUT2D eigenvalue weighted by molar-refractivity contribution is 5.96. The number of nitrogens with two attached hydrogens (primary N) is 2. The zero-order chi connectivity index (χ0) is 13.3. The molecule has 0 aliphatic carbocycles. The Hall–Kier alpha value is -2.01.